The zero-order chi connectivity index (χ0) is 20.3. The lowest BCUT2D eigenvalue weighted by Gasteiger charge is -2.07. The first-order chi connectivity index (χ1) is 13.4. The summed E-state index contributed by atoms with van der Waals surface area (Å²) in [6.45, 7) is 4.30. The van der Waals surface area contributed by atoms with Crippen molar-refractivity contribution in [2.24, 2.45) is 4.99 Å². The summed E-state index contributed by atoms with van der Waals surface area (Å²) in [6.07, 6.45) is 1.89. The van der Waals surface area contributed by atoms with Crippen LogP contribution in [-0.4, -0.2) is 36.1 Å². The minimum atomic E-state index is -0.393. The van der Waals surface area contributed by atoms with Gasteiger partial charge in [0.05, 0.1) is 23.3 Å². The molecular weight excluding hydrogens is 372 g/mol. The van der Waals surface area contributed by atoms with E-state index in [0.29, 0.717) is 27.2 Å². The number of thioether (sulfide) groups is 1. The van der Waals surface area contributed by atoms with Gasteiger partial charge in [-0.05, 0) is 59.1 Å². The Morgan fingerprint density at radius 1 is 1.11 bits per heavy atom. The number of methoxy groups -OCH3 is 1. The molecule has 1 saturated heterocycles. The van der Waals surface area contributed by atoms with Crippen molar-refractivity contribution >= 4 is 40.6 Å². The van der Waals surface area contributed by atoms with Crippen molar-refractivity contribution in [3.05, 3.63) is 70.1 Å². The molecule has 0 bridgehead atoms. The number of hydrogen-bond acceptors (Lipinski definition) is 5. The van der Waals surface area contributed by atoms with Crippen molar-refractivity contribution in [2.75, 3.05) is 14.2 Å². The number of carbonyl (C=O) groups excluding carboxylic acids is 2. The SMILES string of the molecule is COC(=O)c1ccc(N=C2S/C(=C/c3ccc(C(C)C)cc3)C(=O)N2C)cc1. The van der Waals surface area contributed by atoms with Gasteiger partial charge in [0.2, 0.25) is 0 Å². The van der Waals surface area contributed by atoms with Gasteiger partial charge in [-0.15, -0.1) is 0 Å². The molecule has 1 aliphatic rings. The topological polar surface area (TPSA) is 59.0 Å². The summed E-state index contributed by atoms with van der Waals surface area (Å²) in [7, 11) is 3.05. The van der Waals surface area contributed by atoms with Gasteiger partial charge in [0.15, 0.2) is 5.17 Å². The fourth-order valence-corrected chi connectivity index (χ4v) is 3.67. The molecule has 0 unspecified atom stereocenters. The average Bonchev–Trinajstić information content (AvgIpc) is 2.96. The summed E-state index contributed by atoms with van der Waals surface area (Å²) in [5, 5.41) is 0.598. The van der Waals surface area contributed by atoms with E-state index >= 15 is 0 Å². The van der Waals surface area contributed by atoms with Crippen LogP contribution in [0.1, 0.15) is 41.3 Å². The Labute approximate surface area is 169 Å². The lowest BCUT2D eigenvalue weighted by Crippen LogP contribution is -2.23. The highest BCUT2D eigenvalue weighted by atomic mass is 32.2. The maximum absolute atomic E-state index is 12.6. The molecule has 5 nitrogen and oxygen atoms in total. The van der Waals surface area contributed by atoms with Crippen LogP contribution in [0.25, 0.3) is 6.08 Å². The van der Waals surface area contributed by atoms with E-state index in [2.05, 4.69) is 31.0 Å². The first kappa shape index (κ1) is 19.9. The molecule has 0 spiro atoms. The first-order valence-corrected chi connectivity index (χ1v) is 9.75. The van der Waals surface area contributed by atoms with Crippen molar-refractivity contribution in [3.63, 3.8) is 0 Å². The number of amidine groups is 1. The summed E-state index contributed by atoms with van der Waals surface area (Å²) in [5.41, 5.74) is 3.37. The van der Waals surface area contributed by atoms with Crippen LogP contribution in [-0.2, 0) is 9.53 Å². The van der Waals surface area contributed by atoms with Gasteiger partial charge in [-0.2, -0.15) is 0 Å². The van der Waals surface area contributed by atoms with Crippen LogP contribution in [0.5, 0.6) is 0 Å². The Morgan fingerprint density at radius 2 is 1.75 bits per heavy atom. The lowest BCUT2D eigenvalue weighted by atomic mass is 10.0. The molecule has 3 rings (SSSR count). The van der Waals surface area contributed by atoms with Gasteiger partial charge in [0.25, 0.3) is 5.91 Å². The van der Waals surface area contributed by atoms with Gasteiger partial charge >= 0.3 is 5.97 Å². The third-order valence-corrected chi connectivity index (χ3v) is 5.48. The number of likely N-dealkylation sites (N-methyl/N-ethyl adjacent to an activating group) is 1. The minimum Gasteiger partial charge on any atom is -0.465 e. The standard InChI is InChI=1S/C22H22N2O3S/c1-14(2)16-7-5-15(6-8-16)13-19-20(25)24(3)22(28-19)23-18-11-9-17(10-12-18)21(26)27-4/h5-14H,1-4H3/b19-13+,23-22?. The Balaban J connectivity index is 1.80. The number of hydrogen-bond donors (Lipinski definition) is 0. The van der Waals surface area contributed by atoms with E-state index in [9.17, 15) is 9.59 Å². The molecule has 1 amide bonds. The van der Waals surface area contributed by atoms with E-state index in [1.165, 1.54) is 29.3 Å². The fraction of sp³-hybridized carbons (Fsp3) is 0.227. The maximum Gasteiger partial charge on any atom is 0.337 e. The number of amides is 1. The van der Waals surface area contributed by atoms with E-state index in [1.807, 2.05) is 18.2 Å². The van der Waals surface area contributed by atoms with Gasteiger partial charge in [-0.1, -0.05) is 38.1 Å². The average molecular weight is 394 g/mol. The Morgan fingerprint density at radius 3 is 2.32 bits per heavy atom. The van der Waals surface area contributed by atoms with Crippen LogP contribution in [0.4, 0.5) is 5.69 Å². The number of benzene rings is 2. The zero-order valence-electron chi connectivity index (χ0n) is 16.3. The van der Waals surface area contributed by atoms with Crippen LogP contribution in [0.3, 0.4) is 0 Å². The Bertz CT molecular complexity index is 945. The molecule has 1 aliphatic heterocycles. The van der Waals surface area contributed by atoms with Crippen molar-refractivity contribution in [1.29, 1.82) is 0 Å². The molecule has 0 aromatic heterocycles. The summed E-state index contributed by atoms with van der Waals surface area (Å²) >= 11 is 1.34. The molecule has 0 aliphatic carbocycles. The predicted molar refractivity (Wildman–Crippen MR) is 114 cm³/mol. The number of nitrogens with zero attached hydrogens (tertiary/aromatic N) is 2. The van der Waals surface area contributed by atoms with Crippen molar-refractivity contribution in [2.45, 2.75) is 19.8 Å². The zero-order valence-corrected chi connectivity index (χ0v) is 17.1. The number of aliphatic imine (C=N–C) groups is 1. The molecule has 2 aromatic rings. The van der Waals surface area contributed by atoms with Gasteiger partial charge in [-0.3, -0.25) is 9.69 Å². The van der Waals surface area contributed by atoms with E-state index in [1.54, 1.807) is 31.3 Å². The molecule has 6 heteroatoms. The summed E-state index contributed by atoms with van der Waals surface area (Å²) in [6, 6.07) is 15.0. The van der Waals surface area contributed by atoms with E-state index in [4.69, 9.17) is 4.74 Å². The van der Waals surface area contributed by atoms with Gasteiger partial charge in [-0.25, -0.2) is 9.79 Å². The van der Waals surface area contributed by atoms with E-state index < -0.39 is 5.97 Å². The minimum absolute atomic E-state index is 0.0807. The van der Waals surface area contributed by atoms with Crippen LogP contribution in [0, 0.1) is 0 Å². The maximum atomic E-state index is 12.6. The van der Waals surface area contributed by atoms with Crippen LogP contribution >= 0.6 is 11.8 Å². The summed E-state index contributed by atoms with van der Waals surface area (Å²) in [4.78, 5) is 30.8. The van der Waals surface area contributed by atoms with Crippen LogP contribution in [0.15, 0.2) is 58.4 Å². The first-order valence-electron chi connectivity index (χ1n) is 8.93. The number of rotatable bonds is 4. The number of carbonyl (C=O) groups is 2. The second kappa shape index (κ2) is 8.44. The third-order valence-electron chi connectivity index (χ3n) is 4.42. The second-order valence-corrected chi connectivity index (χ2v) is 7.74. The molecule has 0 atom stereocenters. The molecule has 0 saturated carbocycles. The normalized spacial score (nSPS) is 17.0. The fourth-order valence-electron chi connectivity index (χ4n) is 2.68. The van der Waals surface area contributed by atoms with Crippen molar-refractivity contribution < 1.29 is 14.3 Å². The predicted octanol–water partition coefficient (Wildman–Crippen LogP) is 4.83. The molecule has 1 fully saturated rings. The number of ether oxygens (including phenoxy) is 1. The largest absolute Gasteiger partial charge is 0.465 e. The molecule has 144 valence electrons. The highest BCUT2D eigenvalue weighted by Gasteiger charge is 2.30. The molecule has 28 heavy (non-hydrogen) atoms. The van der Waals surface area contributed by atoms with Crippen LogP contribution < -0.4 is 0 Å². The molecule has 2 aromatic carbocycles. The number of esters is 1. The van der Waals surface area contributed by atoms with E-state index in [-0.39, 0.29) is 5.91 Å². The van der Waals surface area contributed by atoms with Gasteiger partial charge in [0, 0.05) is 7.05 Å². The Kier molecular flexibility index (Phi) is 5.99. The smallest absolute Gasteiger partial charge is 0.337 e. The van der Waals surface area contributed by atoms with Crippen molar-refractivity contribution in [3.8, 4) is 0 Å². The van der Waals surface area contributed by atoms with Crippen molar-refractivity contribution in [1.82, 2.24) is 4.90 Å². The van der Waals surface area contributed by atoms with E-state index in [0.717, 1.165) is 5.56 Å². The highest BCUT2D eigenvalue weighted by molar-refractivity contribution is 8.18. The van der Waals surface area contributed by atoms with Gasteiger partial charge < -0.3 is 4.74 Å². The Hall–Kier alpha value is -2.86. The monoisotopic (exact) mass is 394 g/mol. The summed E-state index contributed by atoms with van der Waals surface area (Å²) < 4.78 is 4.69. The quantitative estimate of drug-likeness (QED) is 0.550. The van der Waals surface area contributed by atoms with Crippen LogP contribution in [0.2, 0.25) is 0 Å². The molecular formula is C22H22N2O3S. The highest BCUT2D eigenvalue weighted by Crippen LogP contribution is 2.33. The summed E-state index contributed by atoms with van der Waals surface area (Å²) in [5.74, 6) is -0.00190. The second-order valence-electron chi connectivity index (χ2n) is 6.73. The molecule has 0 N–H and O–H groups in total. The lowest BCUT2D eigenvalue weighted by molar-refractivity contribution is -0.121. The molecule has 1 heterocycles. The van der Waals surface area contributed by atoms with Gasteiger partial charge in [0.1, 0.15) is 0 Å². The molecule has 0 radical (unpaired) electrons. The third kappa shape index (κ3) is 4.34.